The van der Waals surface area contributed by atoms with Crippen LogP contribution in [0.4, 0.5) is 4.79 Å². The highest BCUT2D eigenvalue weighted by Crippen LogP contribution is 2.32. The van der Waals surface area contributed by atoms with Gasteiger partial charge in [0.1, 0.15) is 12.1 Å². The Labute approximate surface area is 171 Å². The number of imide groups is 1. The van der Waals surface area contributed by atoms with Gasteiger partial charge in [-0.25, -0.2) is 4.79 Å². The van der Waals surface area contributed by atoms with Gasteiger partial charge in [0.15, 0.2) is 0 Å². The zero-order chi connectivity index (χ0) is 21.0. The number of urea groups is 1. The SMILES string of the molecule is CC[C@@]1(c2ccccc2)NC(=O)N(CC(=O)N(Cc2ccccc2)C(C)C)C1=O. The summed E-state index contributed by atoms with van der Waals surface area (Å²) in [4.78, 5) is 41.6. The van der Waals surface area contributed by atoms with E-state index in [9.17, 15) is 14.4 Å². The molecular weight excluding hydrogens is 366 g/mol. The minimum atomic E-state index is -1.12. The van der Waals surface area contributed by atoms with Crippen molar-refractivity contribution >= 4 is 17.8 Å². The average molecular weight is 393 g/mol. The summed E-state index contributed by atoms with van der Waals surface area (Å²) in [5, 5.41) is 2.82. The molecule has 3 rings (SSSR count). The van der Waals surface area contributed by atoms with Crippen LogP contribution in [0.3, 0.4) is 0 Å². The fraction of sp³-hybridized carbons (Fsp3) is 0.348. The summed E-state index contributed by atoms with van der Waals surface area (Å²) in [6, 6.07) is 18.3. The van der Waals surface area contributed by atoms with E-state index >= 15 is 0 Å². The molecule has 152 valence electrons. The number of hydrogen-bond donors (Lipinski definition) is 1. The number of hydrogen-bond acceptors (Lipinski definition) is 3. The third-order valence-corrected chi connectivity index (χ3v) is 5.41. The molecule has 0 aromatic heterocycles. The molecule has 1 fully saturated rings. The molecule has 0 aliphatic carbocycles. The number of carbonyl (C=O) groups is 3. The van der Waals surface area contributed by atoms with Crippen LogP contribution < -0.4 is 5.32 Å². The number of amides is 4. The van der Waals surface area contributed by atoms with Crippen LogP contribution >= 0.6 is 0 Å². The Morgan fingerprint density at radius 1 is 1.03 bits per heavy atom. The number of benzene rings is 2. The van der Waals surface area contributed by atoms with Gasteiger partial charge >= 0.3 is 6.03 Å². The van der Waals surface area contributed by atoms with Crippen molar-refractivity contribution in [3.63, 3.8) is 0 Å². The van der Waals surface area contributed by atoms with E-state index in [4.69, 9.17) is 0 Å². The van der Waals surface area contributed by atoms with E-state index in [1.54, 1.807) is 4.90 Å². The monoisotopic (exact) mass is 393 g/mol. The van der Waals surface area contributed by atoms with Crippen molar-refractivity contribution in [2.75, 3.05) is 6.54 Å². The maximum Gasteiger partial charge on any atom is 0.325 e. The van der Waals surface area contributed by atoms with Gasteiger partial charge in [-0.15, -0.1) is 0 Å². The highest BCUT2D eigenvalue weighted by molar-refractivity contribution is 6.09. The lowest BCUT2D eigenvalue weighted by molar-refractivity contribution is -0.140. The Morgan fingerprint density at radius 2 is 1.62 bits per heavy atom. The van der Waals surface area contributed by atoms with E-state index in [2.05, 4.69) is 5.32 Å². The van der Waals surface area contributed by atoms with Crippen molar-refractivity contribution in [3.8, 4) is 0 Å². The second kappa shape index (κ2) is 8.47. The van der Waals surface area contributed by atoms with Gasteiger partial charge in [0.2, 0.25) is 5.91 Å². The fourth-order valence-electron chi connectivity index (χ4n) is 3.70. The summed E-state index contributed by atoms with van der Waals surface area (Å²) >= 11 is 0. The van der Waals surface area contributed by atoms with Gasteiger partial charge in [-0.3, -0.25) is 14.5 Å². The first-order chi connectivity index (χ1) is 13.9. The van der Waals surface area contributed by atoms with Crippen LogP contribution in [0.2, 0.25) is 0 Å². The summed E-state index contributed by atoms with van der Waals surface area (Å²) in [5.41, 5.74) is 0.598. The van der Waals surface area contributed by atoms with Crippen LogP contribution in [0.5, 0.6) is 0 Å². The van der Waals surface area contributed by atoms with Crippen LogP contribution in [-0.2, 0) is 21.7 Å². The van der Waals surface area contributed by atoms with Crippen molar-refractivity contribution in [1.82, 2.24) is 15.1 Å². The van der Waals surface area contributed by atoms with Crippen molar-refractivity contribution in [2.24, 2.45) is 0 Å². The quantitative estimate of drug-likeness (QED) is 0.734. The second-order valence-electron chi connectivity index (χ2n) is 7.55. The average Bonchev–Trinajstić information content (AvgIpc) is 2.98. The minimum absolute atomic E-state index is 0.0615. The lowest BCUT2D eigenvalue weighted by Crippen LogP contribution is -2.46. The van der Waals surface area contributed by atoms with Gasteiger partial charge in [0, 0.05) is 12.6 Å². The van der Waals surface area contributed by atoms with Gasteiger partial charge in [-0.1, -0.05) is 67.6 Å². The molecule has 2 aromatic rings. The van der Waals surface area contributed by atoms with Crippen LogP contribution in [-0.4, -0.2) is 40.2 Å². The Hall–Kier alpha value is -3.15. The smallest absolute Gasteiger partial charge is 0.325 e. The first-order valence-corrected chi connectivity index (χ1v) is 9.92. The molecule has 6 nitrogen and oxygen atoms in total. The molecule has 4 amide bonds. The van der Waals surface area contributed by atoms with E-state index in [0.717, 1.165) is 16.0 Å². The number of nitrogens with one attached hydrogen (secondary N) is 1. The largest absolute Gasteiger partial charge is 0.334 e. The molecule has 1 saturated heterocycles. The predicted octanol–water partition coefficient (Wildman–Crippen LogP) is 3.28. The molecular formula is C23H27N3O3. The van der Waals surface area contributed by atoms with E-state index in [1.165, 1.54) is 0 Å². The second-order valence-corrected chi connectivity index (χ2v) is 7.55. The molecule has 1 heterocycles. The topological polar surface area (TPSA) is 69.7 Å². The van der Waals surface area contributed by atoms with Crippen molar-refractivity contribution in [2.45, 2.75) is 45.3 Å². The van der Waals surface area contributed by atoms with Crippen LogP contribution in [0.1, 0.15) is 38.3 Å². The molecule has 2 aromatic carbocycles. The molecule has 0 bridgehead atoms. The molecule has 29 heavy (non-hydrogen) atoms. The third kappa shape index (κ3) is 4.01. The normalized spacial score (nSPS) is 18.8. The van der Waals surface area contributed by atoms with Crippen molar-refractivity contribution < 1.29 is 14.4 Å². The van der Waals surface area contributed by atoms with Gasteiger partial charge in [0.05, 0.1) is 0 Å². The summed E-state index contributed by atoms with van der Waals surface area (Å²) in [6.45, 7) is 5.86. The number of rotatable bonds is 7. The van der Waals surface area contributed by atoms with E-state index in [-0.39, 0.29) is 24.4 Å². The van der Waals surface area contributed by atoms with E-state index in [0.29, 0.717) is 13.0 Å². The molecule has 0 radical (unpaired) electrons. The van der Waals surface area contributed by atoms with Gasteiger partial charge < -0.3 is 10.2 Å². The van der Waals surface area contributed by atoms with Gasteiger partial charge in [-0.05, 0) is 31.4 Å². The number of nitrogens with zero attached hydrogens (tertiary/aromatic N) is 2. The molecule has 0 unspecified atom stereocenters. The maximum absolute atomic E-state index is 13.2. The Morgan fingerprint density at radius 3 is 2.17 bits per heavy atom. The molecule has 1 N–H and O–H groups in total. The van der Waals surface area contributed by atoms with E-state index in [1.807, 2.05) is 81.4 Å². The Kier molecular flexibility index (Phi) is 6.01. The van der Waals surface area contributed by atoms with Crippen LogP contribution in [0.15, 0.2) is 60.7 Å². The third-order valence-electron chi connectivity index (χ3n) is 5.41. The van der Waals surface area contributed by atoms with Gasteiger partial charge in [-0.2, -0.15) is 0 Å². The first kappa shape index (κ1) is 20.6. The molecule has 1 atom stereocenters. The molecule has 0 saturated carbocycles. The first-order valence-electron chi connectivity index (χ1n) is 9.92. The lowest BCUT2D eigenvalue weighted by Gasteiger charge is -2.29. The van der Waals surface area contributed by atoms with Crippen molar-refractivity contribution in [1.29, 1.82) is 0 Å². The predicted molar refractivity (Wildman–Crippen MR) is 111 cm³/mol. The molecule has 1 aliphatic rings. The zero-order valence-electron chi connectivity index (χ0n) is 17.1. The summed E-state index contributed by atoms with van der Waals surface area (Å²) in [6.07, 6.45) is 0.407. The minimum Gasteiger partial charge on any atom is -0.334 e. The van der Waals surface area contributed by atoms with Crippen LogP contribution in [0, 0.1) is 0 Å². The standard InChI is InChI=1S/C23H27N3O3/c1-4-23(19-13-9-6-10-14-19)21(28)26(22(29)24-23)16-20(27)25(17(2)3)15-18-11-7-5-8-12-18/h5-14,17H,4,15-16H2,1-3H3,(H,24,29)/t23-/m0/s1. The lowest BCUT2D eigenvalue weighted by atomic mass is 9.87. The zero-order valence-corrected chi connectivity index (χ0v) is 17.1. The Bertz CT molecular complexity index is 883. The summed E-state index contributed by atoms with van der Waals surface area (Å²) in [7, 11) is 0. The Balaban J connectivity index is 1.80. The highest BCUT2D eigenvalue weighted by Gasteiger charge is 2.51. The summed E-state index contributed by atoms with van der Waals surface area (Å²) < 4.78 is 0. The van der Waals surface area contributed by atoms with Crippen molar-refractivity contribution in [3.05, 3.63) is 71.8 Å². The van der Waals surface area contributed by atoms with Gasteiger partial charge in [0.25, 0.3) is 5.91 Å². The van der Waals surface area contributed by atoms with Crippen LogP contribution in [0.25, 0.3) is 0 Å². The summed E-state index contributed by atoms with van der Waals surface area (Å²) in [5.74, 6) is -0.639. The maximum atomic E-state index is 13.2. The van der Waals surface area contributed by atoms with E-state index < -0.39 is 11.6 Å². The molecule has 0 spiro atoms. The molecule has 1 aliphatic heterocycles. The fourth-order valence-corrected chi connectivity index (χ4v) is 3.70. The highest BCUT2D eigenvalue weighted by atomic mass is 16.2. The number of carbonyl (C=O) groups excluding carboxylic acids is 3. The molecule has 6 heteroatoms.